The maximum Gasteiger partial charge on any atom is 0.335 e. The first-order valence-electron chi connectivity index (χ1n) is 6.28. The van der Waals surface area contributed by atoms with Gasteiger partial charge in [0.2, 0.25) is 0 Å². The van der Waals surface area contributed by atoms with E-state index in [1.807, 2.05) is 30.3 Å². The molecule has 0 unspecified atom stereocenters. The number of aromatic carboxylic acids is 1. The average Bonchev–Trinajstić information content (AvgIpc) is 2.98. The molecule has 3 rings (SSSR count). The monoisotopic (exact) mass is 298 g/mol. The van der Waals surface area contributed by atoms with Crippen LogP contribution in [0, 0.1) is 0 Å². The quantitative estimate of drug-likeness (QED) is 0.765. The summed E-state index contributed by atoms with van der Waals surface area (Å²) in [7, 11) is 0. The molecule has 0 bridgehead atoms. The number of hydrogen-bond acceptors (Lipinski definition) is 2. The highest BCUT2D eigenvalue weighted by Gasteiger charge is 2.07. The van der Waals surface area contributed by atoms with Gasteiger partial charge in [0.25, 0.3) is 0 Å². The van der Waals surface area contributed by atoms with E-state index in [4.69, 9.17) is 16.7 Å². The van der Waals surface area contributed by atoms with Crippen molar-refractivity contribution >= 4 is 17.6 Å². The van der Waals surface area contributed by atoms with Gasteiger partial charge in [-0.2, -0.15) is 5.10 Å². The summed E-state index contributed by atoms with van der Waals surface area (Å²) >= 11 is 5.87. The van der Waals surface area contributed by atoms with Gasteiger partial charge < -0.3 is 5.11 Å². The highest BCUT2D eigenvalue weighted by molar-refractivity contribution is 6.30. The molecule has 1 aromatic heterocycles. The van der Waals surface area contributed by atoms with Crippen molar-refractivity contribution in [3.05, 3.63) is 65.2 Å². The molecule has 0 amide bonds. The van der Waals surface area contributed by atoms with Crippen LogP contribution in [0.5, 0.6) is 0 Å². The van der Waals surface area contributed by atoms with Gasteiger partial charge in [0, 0.05) is 10.6 Å². The summed E-state index contributed by atoms with van der Waals surface area (Å²) in [6.07, 6.45) is 0. The van der Waals surface area contributed by atoms with Crippen molar-refractivity contribution in [3.8, 4) is 22.5 Å². The van der Waals surface area contributed by atoms with Crippen molar-refractivity contribution in [2.45, 2.75) is 0 Å². The van der Waals surface area contributed by atoms with E-state index in [9.17, 15) is 4.79 Å². The van der Waals surface area contributed by atoms with Crippen LogP contribution in [-0.4, -0.2) is 21.3 Å². The Bertz CT molecular complexity index is 777. The molecule has 0 aliphatic heterocycles. The van der Waals surface area contributed by atoms with Gasteiger partial charge in [0.05, 0.1) is 17.0 Å². The summed E-state index contributed by atoms with van der Waals surface area (Å²) in [4.78, 5) is 10.8. The summed E-state index contributed by atoms with van der Waals surface area (Å²) in [6.45, 7) is 0. The van der Waals surface area contributed by atoms with E-state index >= 15 is 0 Å². The fourth-order valence-corrected chi connectivity index (χ4v) is 2.16. The Hall–Kier alpha value is -2.59. The normalized spacial score (nSPS) is 10.5. The van der Waals surface area contributed by atoms with Gasteiger partial charge in [0.15, 0.2) is 0 Å². The standard InChI is InChI=1S/C16H11ClN2O2/c17-13-7-5-11(6-8-13)15-9-14(18-19-15)10-1-3-12(4-2-10)16(20)21/h1-9H,(H,18,19)(H,20,21). The van der Waals surface area contributed by atoms with Crippen molar-refractivity contribution in [3.63, 3.8) is 0 Å². The molecule has 104 valence electrons. The average molecular weight is 299 g/mol. The minimum absolute atomic E-state index is 0.257. The van der Waals surface area contributed by atoms with Gasteiger partial charge in [-0.25, -0.2) is 4.79 Å². The molecule has 0 radical (unpaired) electrons. The van der Waals surface area contributed by atoms with E-state index in [1.165, 1.54) is 0 Å². The van der Waals surface area contributed by atoms with E-state index < -0.39 is 5.97 Å². The predicted octanol–water partition coefficient (Wildman–Crippen LogP) is 4.10. The van der Waals surface area contributed by atoms with Crippen LogP contribution >= 0.6 is 11.6 Å². The van der Waals surface area contributed by atoms with Crippen molar-refractivity contribution < 1.29 is 9.90 Å². The van der Waals surface area contributed by atoms with E-state index in [1.54, 1.807) is 24.3 Å². The summed E-state index contributed by atoms with van der Waals surface area (Å²) in [5, 5.41) is 16.8. The van der Waals surface area contributed by atoms with E-state index in [2.05, 4.69) is 10.2 Å². The summed E-state index contributed by atoms with van der Waals surface area (Å²) < 4.78 is 0. The van der Waals surface area contributed by atoms with Crippen LogP contribution in [0.2, 0.25) is 5.02 Å². The van der Waals surface area contributed by atoms with Gasteiger partial charge in [-0.3, -0.25) is 5.10 Å². The largest absolute Gasteiger partial charge is 0.478 e. The lowest BCUT2D eigenvalue weighted by Crippen LogP contribution is -1.94. The second-order valence-corrected chi connectivity index (χ2v) is 4.99. The molecule has 5 heteroatoms. The third-order valence-corrected chi connectivity index (χ3v) is 3.41. The van der Waals surface area contributed by atoms with Crippen molar-refractivity contribution in [1.29, 1.82) is 0 Å². The smallest absolute Gasteiger partial charge is 0.335 e. The van der Waals surface area contributed by atoms with Crippen molar-refractivity contribution in [2.75, 3.05) is 0 Å². The van der Waals surface area contributed by atoms with Gasteiger partial charge in [-0.1, -0.05) is 35.9 Å². The molecule has 0 fully saturated rings. The van der Waals surface area contributed by atoms with Gasteiger partial charge >= 0.3 is 5.97 Å². The molecule has 0 spiro atoms. The molecule has 4 nitrogen and oxygen atoms in total. The first-order chi connectivity index (χ1) is 10.1. The Morgan fingerprint density at radius 2 is 1.62 bits per heavy atom. The van der Waals surface area contributed by atoms with E-state index in [-0.39, 0.29) is 5.56 Å². The van der Waals surface area contributed by atoms with Crippen LogP contribution < -0.4 is 0 Å². The Morgan fingerprint density at radius 1 is 1.00 bits per heavy atom. The van der Waals surface area contributed by atoms with E-state index in [0.29, 0.717) is 5.02 Å². The highest BCUT2D eigenvalue weighted by Crippen LogP contribution is 2.25. The summed E-state index contributed by atoms with van der Waals surface area (Å²) in [5.41, 5.74) is 3.74. The first kappa shape index (κ1) is 13.4. The number of carboxylic acids is 1. The summed E-state index contributed by atoms with van der Waals surface area (Å²) in [5.74, 6) is -0.939. The molecule has 2 aromatic carbocycles. The molecular formula is C16H11ClN2O2. The number of halogens is 1. The molecular weight excluding hydrogens is 288 g/mol. The number of nitrogens with one attached hydrogen (secondary N) is 1. The van der Waals surface area contributed by atoms with Crippen LogP contribution in [0.4, 0.5) is 0 Å². The topological polar surface area (TPSA) is 66.0 Å². The number of benzene rings is 2. The fourth-order valence-electron chi connectivity index (χ4n) is 2.03. The van der Waals surface area contributed by atoms with Crippen molar-refractivity contribution in [2.24, 2.45) is 0 Å². The lowest BCUT2D eigenvalue weighted by molar-refractivity contribution is 0.0697. The van der Waals surface area contributed by atoms with Crippen molar-refractivity contribution in [1.82, 2.24) is 10.2 Å². The van der Waals surface area contributed by atoms with E-state index in [0.717, 1.165) is 22.5 Å². The maximum atomic E-state index is 10.8. The Kier molecular flexibility index (Phi) is 3.46. The van der Waals surface area contributed by atoms with Gasteiger partial charge in [-0.15, -0.1) is 0 Å². The van der Waals surface area contributed by atoms with Crippen LogP contribution in [-0.2, 0) is 0 Å². The molecule has 0 aliphatic carbocycles. The predicted molar refractivity (Wildman–Crippen MR) is 81.4 cm³/mol. The number of rotatable bonds is 3. The fraction of sp³-hybridized carbons (Fsp3) is 0. The molecule has 2 N–H and O–H groups in total. The molecule has 1 heterocycles. The van der Waals surface area contributed by atoms with Gasteiger partial charge in [-0.05, 0) is 35.9 Å². The number of hydrogen-bond donors (Lipinski definition) is 2. The van der Waals surface area contributed by atoms with Crippen LogP contribution in [0.3, 0.4) is 0 Å². The van der Waals surface area contributed by atoms with Crippen LogP contribution in [0.15, 0.2) is 54.6 Å². The third kappa shape index (κ3) is 2.80. The molecule has 0 saturated carbocycles. The Morgan fingerprint density at radius 3 is 2.24 bits per heavy atom. The first-order valence-corrected chi connectivity index (χ1v) is 6.66. The second-order valence-electron chi connectivity index (χ2n) is 4.56. The Labute approximate surface area is 126 Å². The number of carbonyl (C=O) groups is 1. The Balaban J connectivity index is 1.90. The summed E-state index contributed by atoms with van der Waals surface area (Å²) in [6, 6.07) is 16.0. The maximum absolute atomic E-state index is 10.8. The minimum Gasteiger partial charge on any atom is -0.478 e. The molecule has 3 aromatic rings. The highest BCUT2D eigenvalue weighted by atomic mass is 35.5. The molecule has 0 aliphatic rings. The lowest BCUT2D eigenvalue weighted by atomic mass is 10.1. The number of H-pyrrole nitrogens is 1. The number of aromatic amines is 1. The zero-order valence-electron chi connectivity index (χ0n) is 10.9. The number of aromatic nitrogens is 2. The van der Waals surface area contributed by atoms with Gasteiger partial charge in [0.1, 0.15) is 0 Å². The molecule has 21 heavy (non-hydrogen) atoms. The zero-order chi connectivity index (χ0) is 14.8. The zero-order valence-corrected chi connectivity index (χ0v) is 11.6. The third-order valence-electron chi connectivity index (χ3n) is 3.16. The number of nitrogens with zero attached hydrogens (tertiary/aromatic N) is 1. The SMILES string of the molecule is O=C(O)c1ccc(-c2cc(-c3ccc(Cl)cc3)[nH]n2)cc1. The lowest BCUT2D eigenvalue weighted by Gasteiger charge is -1.98. The molecule has 0 saturated heterocycles. The minimum atomic E-state index is -0.939. The second kappa shape index (κ2) is 5.42. The van der Waals surface area contributed by atoms with Crippen LogP contribution in [0.25, 0.3) is 22.5 Å². The molecule has 0 atom stereocenters. The number of carboxylic acid groups (broad SMARTS) is 1. The van der Waals surface area contributed by atoms with Crippen LogP contribution in [0.1, 0.15) is 10.4 Å².